The van der Waals surface area contributed by atoms with Gasteiger partial charge in [0.05, 0.1) is 24.8 Å². The number of hydrogen-bond acceptors (Lipinski definition) is 4. The van der Waals surface area contributed by atoms with Crippen molar-refractivity contribution in [3.05, 3.63) is 52.5 Å². The second-order valence-corrected chi connectivity index (χ2v) is 7.98. The van der Waals surface area contributed by atoms with Crippen molar-refractivity contribution in [2.75, 3.05) is 25.5 Å². The number of nitrogens with zero attached hydrogens (tertiary/aromatic N) is 3. The van der Waals surface area contributed by atoms with Crippen molar-refractivity contribution in [3.8, 4) is 6.07 Å². The Kier molecular flexibility index (Phi) is 6.91. The van der Waals surface area contributed by atoms with Gasteiger partial charge in [-0.2, -0.15) is 5.26 Å². The Morgan fingerprint density at radius 3 is 2.70 bits per heavy atom. The number of ether oxygens (including phenoxy) is 1. The molecule has 30 heavy (non-hydrogen) atoms. The van der Waals surface area contributed by atoms with Gasteiger partial charge in [0, 0.05) is 18.3 Å². The van der Waals surface area contributed by atoms with E-state index in [9.17, 15) is 14.4 Å². The van der Waals surface area contributed by atoms with Gasteiger partial charge in [-0.1, -0.05) is 12.1 Å². The second-order valence-electron chi connectivity index (χ2n) is 7.98. The molecule has 1 aliphatic rings. The molecule has 1 amide bonds. The molecule has 3 rings (SSSR count). The van der Waals surface area contributed by atoms with Gasteiger partial charge in [0.1, 0.15) is 17.7 Å². The quantitative estimate of drug-likeness (QED) is 0.748. The number of anilines is 1. The maximum absolute atomic E-state index is 13.2. The van der Waals surface area contributed by atoms with Gasteiger partial charge >= 0.3 is 0 Å². The first-order valence-corrected chi connectivity index (χ1v) is 10.3. The van der Waals surface area contributed by atoms with Crippen LogP contribution < -0.4 is 5.32 Å². The third-order valence-electron chi connectivity index (χ3n) is 6.02. The third-order valence-corrected chi connectivity index (χ3v) is 6.02. The minimum absolute atomic E-state index is 0.0612. The molecule has 160 valence electrons. The Morgan fingerprint density at radius 2 is 2.10 bits per heavy atom. The number of likely N-dealkylation sites (N-methyl/N-ethyl adjacent to an activating group) is 1. The number of hydrogen-bond donors (Lipinski definition) is 1. The first-order chi connectivity index (χ1) is 14.3. The summed E-state index contributed by atoms with van der Waals surface area (Å²) in [6.45, 7) is 7.35. The highest BCUT2D eigenvalue weighted by atomic mass is 19.1. The molecule has 7 heteroatoms. The summed E-state index contributed by atoms with van der Waals surface area (Å²) in [5, 5.41) is 12.6. The molecule has 0 bridgehead atoms. The predicted octanol–water partition coefficient (Wildman–Crippen LogP) is 3.93. The van der Waals surface area contributed by atoms with Crippen LogP contribution in [-0.2, 0) is 16.1 Å². The lowest BCUT2D eigenvalue weighted by molar-refractivity contribution is -0.117. The molecule has 1 fully saturated rings. The Morgan fingerprint density at radius 1 is 1.40 bits per heavy atom. The summed E-state index contributed by atoms with van der Waals surface area (Å²) in [4.78, 5) is 14.7. The van der Waals surface area contributed by atoms with Gasteiger partial charge in [0.15, 0.2) is 0 Å². The van der Waals surface area contributed by atoms with E-state index >= 15 is 0 Å². The molecule has 6 nitrogen and oxygen atoms in total. The zero-order valence-corrected chi connectivity index (χ0v) is 18.0. The Bertz CT molecular complexity index is 940. The van der Waals surface area contributed by atoms with E-state index in [0.717, 1.165) is 36.3 Å². The van der Waals surface area contributed by atoms with Gasteiger partial charge in [0.2, 0.25) is 5.91 Å². The van der Waals surface area contributed by atoms with Crippen LogP contribution in [0.15, 0.2) is 24.3 Å². The minimum atomic E-state index is -0.284. The van der Waals surface area contributed by atoms with E-state index < -0.39 is 0 Å². The van der Waals surface area contributed by atoms with Crippen LogP contribution >= 0.6 is 0 Å². The SMILES string of the molecule is Cc1c(C#N)c(NC(=O)CN(C)[C@@H](C)c2ccc(F)cc2)n(C[C@H]2CCCO2)c1C. The molecular formula is C23H29FN4O2. The lowest BCUT2D eigenvalue weighted by Gasteiger charge is -2.25. The second kappa shape index (κ2) is 9.41. The molecule has 1 N–H and O–H groups in total. The number of carbonyl (C=O) groups is 1. The molecule has 1 aliphatic heterocycles. The van der Waals surface area contributed by atoms with Crippen molar-refractivity contribution in [1.82, 2.24) is 9.47 Å². The summed E-state index contributed by atoms with van der Waals surface area (Å²) >= 11 is 0. The molecule has 1 aromatic heterocycles. The largest absolute Gasteiger partial charge is 0.376 e. The Hall–Kier alpha value is -2.69. The number of rotatable bonds is 7. The molecule has 2 heterocycles. The average Bonchev–Trinajstić information content (AvgIpc) is 3.31. The molecule has 2 aromatic rings. The van der Waals surface area contributed by atoms with E-state index in [-0.39, 0.29) is 30.4 Å². The van der Waals surface area contributed by atoms with Crippen molar-refractivity contribution in [1.29, 1.82) is 5.26 Å². The van der Waals surface area contributed by atoms with Crippen LogP contribution in [0, 0.1) is 31.0 Å². The van der Waals surface area contributed by atoms with E-state index in [1.54, 1.807) is 12.1 Å². The van der Waals surface area contributed by atoms with Crippen LogP contribution in [0.1, 0.15) is 48.2 Å². The third kappa shape index (κ3) is 4.72. The van der Waals surface area contributed by atoms with Gasteiger partial charge < -0.3 is 14.6 Å². The molecule has 0 unspecified atom stereocenters. The van der Waals surface area contributed by atoms with Gasteiger partial charge in [0.25, 0.3) is 0 Å². The van der Waals surface area contributed by atoms with Gasteiger partial charge in [-0.05, 0) is 63.9 Å². The van der Waals surface area contributed by atoms with Crippen LogP contribution in [0.4, 0.5) is 10.2 Å². The van der Waals surface area contributed by atoms with E-state index in [0.29, 0.717) is 17.9 Å². The fourth-order valence-electron chi connectivity index (χ4n) is 3.88. The molecule has 0 saturated carbocycles. The number of benzene rings is 1. The summed E-state index contributed by atoms with van der Waals surface area (Å²) in [6.07, 6.45) is 2.10. The highest BCUT2D eigenvalue weighted by Gasteiger charge is 2.24. The maximum atomic E-state index is 13.2. The molecule has 1 aromatic carbocycles. The topological polar surface area (TPSA) is 70.3 Å². The number of carbonyl (C=O) groups excluding carboxylic acids is 1. The van der Waals surface area contributed by atoms with E-state index in [1.807, 2.05) is 37.3 Å². The van der Waals surface area contributed by atoms with Gasteiger partial charge in [-0.25, -0.2) is 4.39 Å². The number of aromatic nitrogens is 1. The molecule has 0 spiro atoms. The zero-order chi connectivity index (χ0) is 21.8. The number of nitrogens with one attached hydrogen (secondary N) is 1. The number of amides is 1. The van der Waals surface area contributed by atoms with Crippen molar-refractivity contribution in [2.45, 2.75) is 52.3 Å². The molecule has 1 saturated heterocycles. The van der Waals surface area contributed by atoms with Crippen molar-refractivity contribution < 1.29 is 13.9 Å². The molecule has 2 atom stereocenters. The molecular weight excluding hydrogens is 383 g/mol. The number of halogens is 1. The Labute approximate surface area is 177 Å². The summed E-state index contributed by atoms with van der Waals surface area (Å²) in [5.74, 6) is 0.0537. The zero-order valence-electron chi connectivity index (χ0n) is 18.0. The van der Waals surface area contributed by atoms with Crippen molar-refractivity contribution >= 4 is 11.7 Å². The first kappa shape index (κ1) is 22.0. The molecule has 0 aliphatic carbocycles. The summed E-state index contributed by atoms with van der Waals surface area (Å²) < 4.78 is 20.9. The lowest BCUT2D eigenvalue weighted by Crippen LogP contribution is -2.33. The normalized spacial score (nSPS) is 17.2. The smallest absolute Gasteiger partial charge is 0.239 e. The first-order valence-electron chi connectivity index (χ1n) is 10.3. The monoisotopic (exact) mass is 412 g/mol. The van der Waals surface area contributed by atoms with Crippen molar-refractivity contribution in [3.63, 3.8) is 0 Å². The standard InChI is InChI=1S/C23H29FN4O2/c1-15-16(2)28(13-20-6-5-11-30-20)23(21(15)12-25)26-22(29)14-27(4)17(3)18-7-9-19(24)10-8-18/h7-10,17,20H,5-6,11,13-14H2,1-4H3,(H,26,29)/t17-,20+/m0/s1. The minimum Gasteiger partial charge on any atom is -0.376 e. The highest BCUT2D eigenvalue weighted by molar-refractivity contribution is 5.93. The van der Waals surface area contributed by atoms with Gasteiger partial charge in [-0.3, -0.25) is 9.69 Å². The van der Waals surface area contributed by atoms with E-state index in [2.05, 4.69) is 11.4 Å². The van der Waals surface area contributed by atoms with Gasteiger partial charge in [-0.15, -0.1) is 0 Å². The van der Waals surface area contributed by atoms with Crippen molar-refractivity contribution in [2.24, 2.45) is 0 Å². The fraction of sp³-hybridized carbons (Fsp3) is 0.478. The van der Waals surface area contributed by atoms with Crippen LogP contribution in [-0.4, -0.2) is 41.7 Å². The van der Waals surface area contributed by atoms with Crippen LogP contribution in [0.25, 0.3) is 0 Å². The van der Waals surface area contributed by atoms with Crippen LogP contribution in [0.5, 0.6) is 0 Å². The highest BCUT2D eigenvalue weighted by Crippen LogP contribution is 2.28. The summed E-state index contributed by atoms with van der Waals surface area (Å²) in [6, 6.07) is 8.46. The lowest BCUT2D eigenvalue weighted by atomic mass is 10.1. The number of nitriles is 1. The Balaban J connectivity index is 1.74. The van der Waals surface area contributed by atoms with E-state index in [1.165, 1.54) is 12.1 Å². The van der Waals surface area contributed by atoms with Crippen LogP contribution in [0.2, 0.25) is 0 Å². The summed E-state index contributed by atoms with van der Waals surface area (Å²) in [7, 11) is 1.85. The average molecular weight is 413 g/mol. The maximum Gasteiger partial charge on any atom is 0.239 e. The molecule has 0 radical (unpaired) electrons. The van der Waals surface area contributed by atoms with Crippen LogP contribution in [0.3, 0.4) is 0 Å². The fourth-order valence-corrected chi connectivity index (χ4v) is 3.88. The predicted molar refractivity (Wildman–Crippen MR) is 114 cm³/mol. The summed E-state index contributed by atoms with van der Waals surface area (Å²) in [5.41, 5.74) is 3.26. The van der Waals surface area contributed by atoms with E-state index in [4.69, 9.17) is 4.74 Å².